The smallest absolute Gasteiger partial charge is 0.417 e. The molecular formula is C31H21Cl2F4N3O4. The van der Waals surface area contributed by atoms with Crippen molar-refractivity contribution in [2.45, 2.75) is 30.5 Å². The molecule has 0 radical (unpaired) electrons. The van der Waals surface area contributed by atoms with Crippen molar-refractivity contribution in [2.24, 2.45) is 11.8 Å². The van der Waals surface area contributed by atoms with Gasteiger partial charge in [0.1, 0.15) is 5.82 Å². The van der Waals surface area contributed by atoms with E-state index in [4.69, 9.17) is 23.2 Å². The molecule has 1 saturated carbocycles. The van der Waals surface area contributed by atoms with Crippen molar-refractivity contribution in [1.82, 2.24) is 4.90 Å². The fourth-order valence-corrected chi connectivity index (χ4v) is 7.22. The number of anilines is 2. The van der Waals surface area contributed by atoms with Gasteiger partial charge in [-0.3, -0.25) is 14.5 Å². The van der Waals surface area contributed by atoms with Crippen LogP contribution in [0.25, 0.3) is 0 Å². The Labute approximate surface area is 257 Å². The number of nitrogens with one attached hydrogen (secondary N) is 1. The Balaban J connectivity index is 1.47. The molecule has 0 aromatic heterocycles. The molecule has 1 aliphatic carbocycles. The summed E-state index contributed by atoms with van der Waals surface area (Å²) in [6.45, 7) is 0.323. The Kier molecular flexibility index (Phi) is 6.32. The van der Waals surface area contributed by atoms with Gasteiger partial charge in [0.25, 0.3) is 5.91 Å². The van der Waals surface area contributed by atoms with Gasteiger partial charge in [0, 0.05) is 46.3 Å². The van der Waals surface area contributed by atoms with E-state index in [9.17, 15) is 32.7 Å². The summed E-state index contributed by atoms with van der Waals surface area (Å²) in [5, 5.41) is 12.3. The van der Waals surface area contributed by atoms with Gasteiger partial charge in [-0.15, -0.1) is 0 Å². The van der Waals surface area contributed by atoms with Crippen molar-refractivity contribution >= 4 is 52.4 Å². The fraction of sp³-hybridized carbons (Fsp3) is 0.258. The molecule has 3 heterocycles. The molecule has 1 saturated heterocycles. The number of fused-ring (bicyclic) bond motifs is 3. The van der Waals surface area contributed by atoms with Gasteiger partial charge in [0.2, 0.25) is 5.91 Å². The number of alkyl halides is 3. The third-order valence-electron chi connectivity index (χ3n) is 8.86. The van der Waals surface area contributed by atoms with Crippen LogP contribution in [0.1, 0.15) is 45.8 Å². The van der Waals surface area contributed by atoms with Crippen molar-refractivity contribution in [3.8, 4) is 0 Å². The summed E-state index contributed by atoms with van der Waals surface area (Å²) >= 11 is 12.5. The number of carbonyl (C=O) groups is 3. The molecule has 13 heteroatoms. The molecule has 3 aromatic carbocycles. The normalized spacial score (nSPS) is 24.1. The third kappa shape index (κ3) is 4.05. The zero-order valence-corrected chi connectivity index (χ0v) is 24.0. The van der Waals surface area contributed by atoms with Crippen molar-refractivity contribution in [2.75, 3.05) is 16.8 Å². The van der Waals surface area contributed by atoms with Crippen LogP contribution < -0.4 is 10.2 Å². The fourth-order valence-electron chi connectivity index (χ4n) is 6.86. The van der Waals surface area contributed by atoms with Crippen molar-refractivity contribution in [1.29, 1.82) is 0 Å². The summed E-state index contributed by atoms with van der Waals surface area (Å²) in [5.41, 5.74) is -2.99. The summed E-state index contributed by atoms with van der Waals surface area (Å²) < 4.78 is 57.6. The second kappa shape index (κ2) is 9.70. The Hall–Kier alpha value is -4.09. The van der Waals surface area contributed by atoms with Crippen molar-refractivity contribution in [3.63, 3.8) is 0 Å². The first kappa shape index (κ1) is 28.7. The SMILES string of the molecule is O=C(O)c1ccc(N2C=C3C(C2=O)[C@H](c2cccc(Cl)c2F)C2(C(=O)Nc4cc(Cl)ccc42)N3CC2CC2)cc1C(F)(F)F. The molecule has 2 N–H and O–H groups in total. The number of likely N-dealkylation sites (tertiary alicyclic amines) is 1. The predicted octanol–water partition coefficient (Wildman–Crippen LogP) is 7.01. The maximum Gasteiger partial charge on any atom is 0.417 e. The minimum atomic E-state index is -5.02. The molecular weight excluding hydrogens is 625 g/mol. The standard InChI is InChI=1S/C31H21Cl2F4N3O4/c32-15-6-9-19-22(10-15)38-29(44)30(19)25(18-2-1-3-21(33)26(18)34)24-23(40(30)12-14-4-5-14)13-39(27(24)41)16-7-8-17(28(42)43)20(11-16)31(35,36)37/h1-3,6-11,13-14,24-25H,4-5,12H2,(H,38,44)(H,42,43)/t24?,25-,30?/m0/s1. The molecule has 7 nitrogen and oxygen atoms in total. The van der Waals surface area contributed by atoms with Gasteiger partial charge in [-0.2, -0.15) is 13.2 Å². The van der Waals surface area contributed by atoms with E-state index in [1.807, 2.05) is 0 Å². The van der Waals surface area contributed by atoms with Gasteiger partial charge in [-0.05, 0) is 60.7 Å². The highest BCUT2D eigenvalue weighted by atomic mass is 35.5. The van der Waals surface area contributed by atoms with Gasteiger partial charge in [0.15, 0.2) is 5.54 Å². The minimum Gasteiger partial charge on any atom is -0.478 e. The highest BCUT2D eigenvalue weighted by Gasteiger charge is 2.69. The maximum absolute atomic E-state index is 15.9. The van der Waals surface area contributed by atoms with Crippen LogP contribution in [0.4, 0.5) is 28.9 Å². The van der Waals surface area contributed by atoms with E-state index in [0.29, 0.717) is 34.6 Å². The van der Waals surface area contributed by atoms with E-state index in [1.54, 1.807) is 23.1 Å². The summed E-state index contributed by atoms with van der Waals surface area (Å²) in [4.78, 5) is 42.9. The lowest BCUT2D eigenvalue weighted by molar-refractivity contribution is -0.138. The molecule has 3 aliphatic heterocycles. The van der Waals surface area contributed by atoms with E-state index < -0.39 is 58.3 Å². The van der Waals surface area contributed by atoms with Crippen LogP contribution in [0.5, 0.6) is 0 Å². The number of hydrogen-bond donors (Lipinski definition) is 2. The second-order valence-corrected chi connectivity index (χ2v) is 12.2. The van der Waals surface area contributed by atoms with E-state index in [1.165, 1.54) is 24.4 Å². The number of hydrogen-bond acceptors (Lipinski definition) is 4. The quantitative estimate of drug-likeness (QED) is 0.291. The molecule has 2 amide bonds. The summed E-state index contributed by atoms with van der Waals surface area (Å²) in [5.74, 6) is -6.00. The average Bonchev–Trinajstić information content (AvgIpc) is 3.58. The number of rotatable bonds is 5. The Morgan fingerprint density at radius 2 is 1.82 bits per heavy atom. The van der Waals surface area contributed by atoms with Crippen LogP contribution in [0.2, 0.25) is 10.0 Å². The first-order valence-electron chi connectivity index (χ1n) is 13.7. The lowest BCUT2D eigenvalue weighted by Gasteiger charge is -2.40. The van der Waals surface area contributed by atoms with Crippen molar-refractivity contribution in [3.05, 3.63) is 105 Å². The second-order valence-electron chi connectivity index (χ2n) is 11.4. The molecule has 3 aromatic rings. The van der Waals surface area contributed by atoms with E-state index in [0.717, 1.165) is 29.9 Å². The van der Waals surface area contributed by atoms with E-state index in [-0.39, 0.29) is 22.2 Å². The average molecular weight is 646 g/mol. The number of aromatic carboxylic acids is 1. The summed E-state index contributed by atoms with van der Waals surface area (Å²) in [7, 11) is 0. The molecule has 226 valence electrons. The van der Waals surface area contributed by atoms with Crippen LogP contribution in [0.15, 0.2) is 66.5 Å². The van der Waals surface area contributed by atoms with E-state index >= 15 is 4.39 Å². The summed E-state index contributed by atoms with van der Waals surface area (Å²) in [6.07, 6.45) is -1.92. The van der Waals surface area contributed by atoms with Gasteiger partial charge >= 0.3 is 12.1 Å². The van der Waals surface area contributed by atoms with Gasteiger partial charge < -0.3 is 15.3 Å². The minimum absolute atomic E-state index is 0.00273. The molecule has 3 atom stereocenters. The third-order valence-corrected chi connectivity index (χ3v) is 9.39. The molecule has 1 spiro atoms. The topological polar surface area (TPSA) is 90.0 Å². The van der Waals surface area contributed by atoms with Crippen LogP contribution >= 0.6 is 23.2 Å². The molecule has 2 unspecified atom stereocenters. The number of nitrogens with zero attached hydrogens (tertiary/aromatic N) is 2. The number of amides is 2. The summed E-state index contributed by atoms with van der Waals surface area (Å²) in [6, 6.07) is 11.7. The number of carboxylic acid groups (broad SMARTS) is 1. The van der Waals surface area contributed by atoms with Gasteiger partial charge in [0.05, 0.1) is 22.1 Å². The first-order valence-corrected chi connectivity index (χ1v) is 14.4. The highest BCUT2D eigenvalue weighted by molar-refractivity contribution is 6.31. The molecule has 7 rings (SSSR count). The molecule has 0 bridgehead atoms. The van der Waals surface area contributed by atoms with Crippen molar-refractivity contribution < 1.29 is 37.1 Å². The van der Waals surface area contributed by atoms with Crippen LogP contribution in [-0.4, -0.2) is 34.3 Å². The van der Waals surface area contributed by atoms with Crippen LogP contribution in [0, 0.1) is 17.7 Å². The van der Waals surface area contributed by atoms with E-state index in [2.05, 4.69) is 5.32 Å². The van der Waals surface area contributed by atoms with Crippen LogP contribution in [-0.2, 0) is 21.3 Å². The number of carbonyl (C=O) groups excluding carboxylic acids is 2. The molecule has 44 heavy (non-hydrogen) atoms. The number of carboxylic acids is 1. The number of benzene rings is 3. The highest BCUT2D eigenvalue weighted by Crippen LogP contribution is 2.63. The first-order chi connectivity index (χ1) is 20.8. The maximum atomic E-state index is 15.9. The van der Waals surface area contributed by atoms with Gasteiger partial charge in [-0.25, -0.2) is 9.18 Å². The van der Waals surface area contributed by atoms with Gasteiger partial charge in [-0.1, -0.05) is 41.4 Å². The Morgan fingerprint density at radius 1 is 1.07 bits per heavy atom. The lowest BCUT2D eigenvalue weighted by Crippen LogP contribution is -2.51. The monoisotopic (exact) mass is 645 g/mol. The lowest BCUT2D eigenvalue weighted by atomic mass is 9.71. The zero-order valence-electron chi connectivity index (χ0n) is 22.5. The number of halogens is 6. The Morgan fingerprint density at radius 3 is 2.50 bits per heavy atom. The molecule has 4 aliphatic rings. The molecule has 2 fully saturated rings. The largest absolute Gasteiger partial charge is 0.478 e. The predicted molar refractivity (Wildman–Crippen MR) is 153 cm³/mol. The Bertz CT molecular complexity index is 1830. The zero-order chi connectivity index (χ0) is 31.3. The van der Waals surface area contributed by atoms with Crippen LogP contribution in [0.3, 0.4) is 0 Å².